The maximum atomic E-state index is 9.67. The van der Waals surface area contributed by atoms with Crippen molar-refractivity contribution in [1.82, 2.24) is 0 Å². The highest BCUT2D eigenvalue weighted by atomic mass is 16.3. The quantitative estimate of drug-likeness (QED) is 0.729. The van der Waals surface area contributed by atoms with Crippen molar-refractivity contribution in [2.75, 3.05) is 0 Å². The van der Waals surface area contributed by atoms with E-state index in [2.05, 4.69) is 20.8 Å². The van der Waals surface area contributed by atoms with Crippen LogP contribution >= 0.6 is 0 Å². The molecule has 3 atom stereocenters. The van der Waals surface area contributed by atoms with Gasteiger partial charge in [0.2, 0.25) is 0 Å². The van der Waals surface area contributed by atoms with Crippen LogP contribution in [-0.4, -0.2) is 11.2 Å². The molecule has 0 aromatic heterocycles. The highest BCUT2D eigenvalue weighted by Gasteiger charge is 2.62. The molecule has 0 spiro atoms. The van der Waals surface area contributed by atoms with Crippen LogP contribution in [0.15, 0.2) is 0 Å². The number of hydrogen-bond donors (Lipinski definition) is 1. The van der Waals surface area contributed by atoms with Gasteiger partial charge in [-0.1, -0.05) is 20.8 Å². The Bertz CT molecular complexity index is 301. The number of fused-ring (bicyclic) bond motifs is 2. The number of hydrogen-bond acceptors (Lipinski definition) is 1. The molecular weight excluding hydrogens is 208 g/mol. The lowest BCUT2D eigenvalue weighted by molar-refractivity contribution is 0.0265. The van der Waals surface area contributed by atoms with Crippen molar-refractivity contribution in [1.29, 1.82) is 0 Å². The molecule has 0 saturated heterocycles. The molecule has 0 amide bonds. The van der Waals surface area contributed by atoms with Gasteiger partial charge in [-0.15, -0.1) is 0 Å². The first-order chi connectivity index (χ1) is 7.95. The number of aliphatic hydroxyl groups is 1. The van der Waals surface area contributed by atoms with Gasteiger partial charge in [0.05, 0.1) is 6.10 Å². The topological polar surface area (TPSA) is 20.2 Å². The molecule has 1 N–H and O–H groups in total. The molecular formula is C16H28O. The Labute approximate surface area is 106 Å². The summed E-state index contributed by atoms with van der Waals surface area (Å²) in [5, 5.41) is 9.67. The van der Waals surface area contributed by atoms with Crippen LogP contribution in [0.2, 0.25) is 0 Å². The molecule has 1 nitrogen and oxygen atoms in total. The monoisotopic (exact) mass is 236 g/mol. The van der Waals surface area contributed by atoms with Gasteiger partial charge in [-0.3, -0.25) is 0 Å². The summed E-state index contributed by atoms with van der Waals surface area (Å²) in [6, 6.07) is 0. The van der Waals surface area contributed by atoms with Crippen molar-refractivity contribution in [2.45, 2.75) is 71.8 Å². The van der Waals surface area contributed by atoms with Gasteiger partial charge in [0.1, 0.15) is 0 Å². The van der Waals surface area contributed by atoms with Gasteiger partial charge < -0.3 is 5.11 Å². The smallest absolute Gasteiger partial charge is 0.0540 e. The summed E-state index contributed by atoms with van der Waals surface area (Å²) in [7, 11) is 0. The Morgan fingerprint density at radius 2 is 1.59 bits per heavy atom. The molecule has 1 heteroatoms. The third-order valence-corrected chi connectivity index (χ3v) is 7.17. The van der Waals surface area contributed by atoms with Crippen LogP contribution < -0.4 is 0 Å². The standard InChI is InChI=1S/C16H28O/c1-15(2)12-8-9-16(15,3)14(10-12)11-4-6-13(17)7-5-11/h11-14,17H,4-10H2,1-3H3/t11?,12-,13?,14-,16-/m1/s1. The molecule has 3 fully saturated rings. The van der Waals surface area contributed by atoms with E-state index in [0.29, 0.717) is 10.8 Å². The molecule has 0 aliphatic heterocycles. The van der Waals surface area contributed by atoms with Gasteiger partial charge in [0.15, 0.2) is 0 Å². The molecule has 17 heavy (non-hydrogen) atoms. The summed E-state index contributed by atoms with van der Waals surface area (Å²) in [5.74, 6) is 2.83. The van der Waals surface area contributed by atoms with Crippen molar-refractivity contribution in [2.24, 2.45) is 28.6 Å². The molecule has 3 aliphatic carbocycles. The summed E-state index contributed by atoms with van der Waals surface area (Å²) in [4.78, 5) is 0. The van der Waals surface area contributed by atoms with E-state index in [1.165, 1.54) is 32.1 Å². The van der Waals surface area contributed by atoms with E-state index in [1.807, 2.05) is 0 Å². The fraction of sp³-hybridized carbons (Fsp3) is 1.00. The van der Waals surface area contributed by atoms with Crippen LogP contribution in [-0.2, 0) is 0 Å². The van der Waals surface area contributed by atoms with E-state index >= 15 is 0 Å². The minimum absolute atomic E-state index is 0.00524. The van der Waals surface area contributed by atoms with E-state index in [9.17, 15) is 5.11 Å². The Kier molecular flexibility index (Phi) is 2.63. The molecule has 3 aliphatic rings. The van der Waals surface area contributed by atoms with Crippen LogP contribution in [0.1, 0.15) is 65.7 Å². The van der Waals surface area contributed by atoms with Crippen LogP contribution in [0, 0.1) is 28.6 Å². The zero-order valence-corrected chi connectivity index (χ0v) is 11.7. The average Bonchev–Trinajstić information content (AvgIpc) is 2.62. The van der Waals surface area contributed by atoms with Gasteiger partial charge in [-0.2, -0.15) is 0 Å². The van der Waals surface area contributed by atoms with E-state index in [1.54, 1.807) is 0 Å². The van der Waals surface area contributed by atoms with Crippen LogP contribution in [0.4, 0.5) is 0 Å². The van der Waals surface area contributed by atoms with Crippen LogP contribution in [0.5, 0.6) is 0 Å². The Hall–Kier alpha value is -0.0400. The number of aliphatic hydroxyl groups excluding tert-OH is 1. The Morgan fingerprint density at radius 3 is 2.06 bits per heavy atom. The predicted molar refractivity (Wildman–Crippen MR) is 70.7 cm³/mol. The first-order valence-corrected chi connectivity index (χ1v) is 7.63. The van der Waals surface area contributed by atoms with Crippen molar-refractivity contribution in [3.8, 4) is 0 Å². The normalized spacial score (nSPS) is 52.9. The summed E-state index contributed by atoms with van der Waals surface area (Å²) >= 11 is 0. The van der Waals surface area contributed by atoms with Gasteiger partial charge in [-0.05, 0) is 73.5 Å². The van der Waals surface area contributed by atoms with Crippen molar-refractivity contribution >= 4 is 0 Å². The predicted octanol–water partition coefficient (Wildman–Crippen LogP) is 4.00. The lowest BCUT2D eigenvalue weighted by Gasteiger charge is -2.44. The maximum absolute atomic E-state index is 9.67. The van der Waals surface area contributed by atoms with E-state index < -0.39 is 0 Å². The third kappa shape index (κ3) is 1.54. The molecule has 0 heterocycles. The highest BCUT2D eigenvalue weighted by molar-refractivity contribution is 5.11. The SMILES string of the molecule is CC1(C)[C@@H]2CC[C@]1(C)[C@@H](C1CCC(O)CC1)C2. The maximum Gasteiger partial charge on any atom is 0.0540 e. The summed E-state index contributed by atoms with van der Waals surface area (Å²) in [6.45, 7) is 7.60. The number of rotatable bonds is 1. The molecule has 0 radical (unpaired) electrons. The second-order valence-electron chi connectivity index (χ2n) is 7.79. The largest absolute Gasteiger partial charge is 0.393 e. The van der Waals surface area contributed by atoms with Crippen molar-refractivity contribution in [3.05, 3.63) is 0 Å². The Morgan fingerprint density at radius 1 is 0.941 bits per heavy atom. The lowest BCUT2D eigenvalue weighted by atomic mass is 9.61. The molecule has 0 aromatic rings. The molecule has 3 rings (SSSR count). The summed E-state index contributed by atoms with van der Waals surface area (Å²) in [6.07, 6.45) is 9.08. The molecule has 98 valence electrons. The second kappa shape index (κ2) is 3.73. The van der Waals surface area contributed by atoms with E-state index in [4.69, 9.17) is 0 Å². The molecule has 0 unspecified atom stereocenters. The molecule has 3 saturated carbocycles. The third-order valence-electron chi connectivity index (χ3n) is 7.17. The highest BCUT2D eigenvalue weighted by Crippen LogP contribution is 2.70. The minimum Gasteiger partial charge on any atom is -0.393 e. The van der Waals surface area contributed by atoms with Gasteiger partial charge in [-0.25, -0.2) is 0 Å². The first-order valence-electron chi connectivity index (χ1n) is 7.63. The fourth-order valence-corrected chi connectivity index (χ4v) is 5.48. The Balaban J connectivity index is 1.78. The second-order valence-corrected chi connectivity index (χ2v) is 7.79. The summed E-state index contributed by atoms with van der Waals surface area (Å²) in [5.41, 5.74) is 1.15. The average molecular weight is 236 g/mol. The van der Waals surface area contributed by atoms with E-state index in [-0.39, 0.29) is 6.10 Å². The van der Waals surface area contributed by atoms with Crippen LogP contribution in [0.3, 0.4) is 0 Å². The summed E-state index contributed by atoms with van der Waals surface area (Å²) < 4.78 is 0. The van der Waals surface area contributed by atoms with Gasteiger partial charge in [0.25, 0.3) is 0 Å². The fourth-order valence-electron chi connectivity index (χ4n) is 5.48. The zero-order valence-electron chi connectivity index (χ0n) is 11.7. The van der Waals surface area contributed by atoms with E-state index in [0.717, 1.165) is 30.6 Å². The van der Waals surface area contributed by atoms with Gasteiger partial charge >= 0.3 is 0 Å². The van der Waals surface area contributed by atoms with Crippen molar-refractivity contribution in [3.63, 3.8) is 0 Å². The minimum atomic E-state index is 0.00524. The first kappa shape index (κ1) is 12.0. The lowest BCUT2D eigenvalue weighted by Crippen LogP contribution is -2.37. The van der Waals surface area contributed by atoms with Crippen molar-refractivity contribution < 1.29 is 5.11 Å². The van der Waals surface area contributed by atoms with Gasteiger partial charge in [0, 0.05) is 0 Å². The zero-order chi connectivity index (χ0) is 12.3. The molecule has 0 aromatic carbocycles. The van der Waals surface area contributed by atoms with Crippen LogP contribution in [0.25, 0.3) is 0 Å². The molecule has 2 bridgehead atoms.